The van der Waals surface area contributed by atoms with Crippen molar-refractivity contribution >= 4 is 41.3 Å². The fourth-order valence-corrected chi connectivity index (χ4v) is 1.24. The average molecular weight is 266 g/mol. The normalized spacial score (nSPS) is 10.9. The minimum atomic E-state index is -4.46. The molecule has 7 heteroatoms. The second-order valence-corrected chi connectivity index (χ2v) is 3.17. The van der Waals surface area contributed by atoms with E-state index in [9.17, 15) is 13.2 Å². The molecule has 0 saturated carbocycles. The minimum absolute atomic E-state index is 0. The number of anilines is 1. The van der Waals surface area contributed by atoms with Crippen LogP contribution >= 0.6 is 35.6 Å². The van der Waals surface area contributed by atoms with Crippen molar-refractivity contribution in [3.05, 3.63) is 27.7 Å². The lowest BCUT2D eigenvalue weighted by molar-refractivity contribution is -0.137. The van der Waals surface area contributed by atoms with E-state index < -0.39 is 11.7 Å². The summed E-state index contributed by atoms with van der Waals surface area (Å²) in [6.07, 6.45) is -4.46. The van der Waals surface area contributed by atoms with Crippen LogP contribution in [0.4, 0.5) is 18.9 Å². The van der Waals surface area contributed by atoms with E-state index in [0.717, 1.165) is 12.1 Å². The minimum Gasteiger partial charge on any atom is -0.396 e. The Labute approximate surface area is 94.4 Å². The summed E-state index contributed by atoms with van der Waals surface area (Å²) in [4.78, 5) is 0. The van der Waals surface area contributed by atoms with E-state index in [2.05, 4.69) is 0 Å². The van der Waals surface area contributed by atoms with E-state index in [4.69, 9.17) is 28.9 Å². The molecular formula is C7H5Cl3F3N. The van der Waals surface area contributed by atoms with E-state index in [-0.39, 0.29) is 28.1 Å². The Morgan fingerprint density at radius 1 is 1.07 bits per heavy atom. The number of hydrogen-bond acceptors (Lipinski definition) is 1. The number of halogens is 6. The lowest BCUT2D eigenvalue weighted by Crippen LogP contribution is -2.05. The molecule has 80 valence electrons. The zero-order valence-corrected chi connectivity index (χ0v) is 8.86. The van der Waals surface area contributed by atoms with Gasteiger partial charge in [0, 0.05) is 0 Å². The van der Waals surface area contributed by atoms with Crippen molar-refractivity contribution in [2.24, 2.45) is 0 Å². The van der Waals surface area contributed by atoms with Crippen molar-refractivity contribution in [3.8, 4) is 0 Å². The van der Waals surface area contributed by atoms with Crippen LogP contribution in [0.25, 0.3) is 0 Å². The summed E-state index contributed by atoms with van der Waals surface area (Å²) < 4.78 is 36.4. The first-order chi connectivity index (χ1) is 5.82. The molecule has 0 aliphatic carbocycles. The summed E-state index contributed by atoms with van der Waals surface area (Å²) in [7, 11) is 0. The topological polar surface area (TPSA) is 26.0 Å². The quantitative estimate of drug-likeness (QED) is 0.705. The van der Waals surface area contributed by atoms with Crippen LogP contribution in [0.1, 0.15) is 5.56 Å². The Morgan fingerprint density at radius 2 is 1.43 bits per heavy atom. The Hall–Kier alpha value is -0.320. The lowest BCUT2D eigenvalue weighted by Gasteiger charge is -2.09. The van der Waals surface area contributed by atoms with Crippen LogP contribution in [0.2, 0.25) is 10.0 Å². The van der Waals surface area contributed by atoms with Gasteiger partial charge in [0.2, 0.25) is 0 Å². The fraction of sp³-hybridized carbons (Fsp3) is 0.143. The molecule has 0 unspecified atom stereocenters. The number of nitrogen functional groups attached to an aromatic ring is 1. The summed E-state index contributed by atoms with van der Waals surface area (Å²) in [6.45, 7) is 0. The first-order valence-corrected chi connectivity index (χ1v) is 3.89. The molecule has 0 atom stereocenters. The third kappa shape index (κ3) is 2.83. The predicted octanol–water partition coefficient (Wildman–Crippen LogP) is 4.02. The van der Waals surface area contributed by atoms with E-state index in [1.807, 2.05) is 0 Å². The number of rotatable bonds is 0. The van der Waals surface area contributed by atoms with Gasteiger partial charge in [-0.25, -0.2) is 0 Å². The van der Waals surface area contributed by atoms with Crippen LogP contribution < -0.4 is 5.73 Å². The fourth-order valence-electron chi connectivity index (χ4n) is 0.748. The lowest BCUT2D eigenvalue weighted by atomic mass is 10.2. The van der Waals surface area contributed by atoms with Crippen molar-refractivity contribution in [1.82, 2.24) is 0 Å². The molecule has 0 aliphatic heterocycles. The van der Waals surface area contributed by atoms with Gasteiger partial charge in [0.25, 0.3) is 0 Å². The van der Waals surface area contributed by atoms with Crippen LogP contribution in [-0.4, -0.2) is 0 Å². The van der Waals surface area contributed by atoms with Gasteiger partial charge in [-0.3, -0.25) is 0 Å². The van der Waals surface area contributed by atoms with Crippen molar-refractivity contribution in [1.29, 1.82) is 0 Å². The molecular weight excluding hydrogens is 261 g/mol. The summed E-state index contributed by atoms with van der Waals surface area (Å²) in [5.41, 5.74) is 4.31. The number of nitrogens with two attached hydrogens (primary N) is 1. The molecule has 0 radical (unpaired) electrons. The summed E-state index contributed by atoms with van der Waals surface area (Å²) in [6, 6.07) is 1.48. The SMILES string of the molecule is Cl.Nc1c(Cl)cc(C(F)(F)F)cc1Cl. The van der Waals surface area contributed by atoms with Crippen LogP contribution in [0.3, 0.4) is 0 Å². The smallest absolute Gasteiger partial charge is 0.396 e. The molecule has 0 spiro atoms. The van der Waals surface area contributed by atoms with Crippen LogP contribution in [-0.2, 0) is 6.18 Å². The summed E-state index contributed by atoms with van der Waals surface area (Å²) in [5.74, 6) is 0. The van der Waals surface area contributed by atoms with Gasteiger partial charge in [-0.1, -0.05) is 23.2 Å². The number of alkyl halides is 3. The van der Waals surface area contributed by atoms with E-state index >= 15 is 0 Å². The number of benzene rings is 1. The Balaban J connectivity index is 0.00000169. The summed E-state index contributed by atoms with van der Waals surface area (Å²) >= 11 is 10.8. The van der Waals surface area contributed by atoms with Gasteiger partial charge in [0.05, 0.1) is 21.3 Å². The maximum Gasteiger partial charge on any atom is 0.416 e. The monoisotopic (exact) mass is 265 g/mol. The van der Waals surface area contributed by atoms with Gasteiger partial charge in [-0.15, -0.1) is 12.4 Å². The number of hydrogen-bond donors (Lipinski definition) is 1. The molecule has 0 aromatic heterocycles. The van der Waals surface area contributed by atoms with Gasteiger partial charge in [-0.05, 0) is 12.1 Å². The third-order valence-electron chi connectivity index (χ3n) is 1.41. The molecule has 0 aliphatic rings. The van der Waals surface area contributed by atoms with E-state index in [0.29, 0.717) is 0 Å². The summed E-state index contributed by atoms with van der Waals surface area (Å²) in [5, 5.41) is -0.389. The molecule has 2 N–H and O–H groups in total. The van der Waals surface area contributed by atoms with Crippen LogP contribution in [0.5, 0.6) is 0 Å². The molecule has 1 aromatic rings. The Kier molecular flexibility index (Phi) is 4.36. The highest BCUT2D eigenvalue weighted by atomic mass is 35.5. The van der Waals surface area contributed by atoms with Gasteiger partial charge >= 0.3 is 6.18 Å². The van der Waals surface area contributed by atoms with Gasteiger partial charge in [0.15, 0.2) is 0 Å². The Bertz CT molecular complexity index is 314. The highest BCUT2D eigenvalue weighted by molar-refractivity contribution is 6.38. The van der Waals surface area contributed by atoms with Crippen LogP contribution in [0, 0.1) is 0 Å². The molecule has 14 heavy (non-hydrogen) atoms. The highest BCUT2D eigenvalue weighted by Gasteiger charge is 2.31. The zero-order chi connectivity index (χ0) is 10.2. The van der Waals surface area contributed by atoms with Crippen molar-refractivity contribution < 1.29 is 13.2 Å². The van der Waals surface area contributed by atoms with Crippen molar-refractivity contribution in [3.63, 3.8) is 0 Å². The van der Waals surface area contributed by atoms with E-state index in [1.165, 1.54) is 0 Å². The molecule has 0 heterocycles. The van der Waals surface area contributed by atoms with Gasteiger partial charge in [-0.2, -0.15) is 13.2 Å². The largest absolute Gasteiger partial charge is 0.416 e. The molecule has 0 saturated heterocycles. The molecule has 1 nitrogen and oxygen atoms in total. The second-order valence-electron chi connectivity index (χ2n) is 2.35. The first kappa shape index (κ1) is 13.7. The highest BCUT2D eigenvalue weighted by Crippen LogP contribution is 2.36. The standard InChI is InChI=1S/C7H4Cl2F3N.ClH/c8-4-1-3(7(10,11)12)2-5(9)6(4)13;/h1-2H,13H2;1H. The van der Waals surface area contributed by atoms with Crippen molar-refractivity contribution in [2.45, 2.75) is 6.18 Å². The first-order valence-electron chi connectivity index (χ1n) is 3.14. The second kappa shape index (κ2) is 4.47. The molecule has 0 bridgehead atoms. The molecule has 0 fully saturated rings. The Morgan fingerprint density at radius 3 is 1.71 bits per heavy atom. The molecule has 0 amide bonds. The average Bonchev–Trinajstić information content (AvgIpc) is 1.97. The maximum absolute atomic E-state index is 12.1. The third-order valence-corrected chi connectivity index (χ3v) is 2.03. The zero-order valence-electron chi connectivity index (χ0n) is 6.53. The van der Waals surface area contributed by atoms with Gasteiger partial charge < -0.3 is 5.73 Å². The van der Waals surface area contributed by atoms with Gasteiger partial charge in [0.1, 0.15) is 0 Å². The maximum atomic E-state index is 12.1. The molecule has 1 rings (SSSR count). The van der Waals surface area contributed by atoms with E-state index in [1.54, 1.807) is 0 Å². The molecule has 1 aromatic carbocycles. The predicted molar refractivity (Wildman–Crippen MR) is 53.1 cm³/mol. The van der Waals surface area contributed by atoms with Crippen LogP contribution in [0.15, 0.2) is 12.1 Å². The van der Waals surface area contributed by atoms with Crippen molar-refractivity contribution in [2.75, 3.05) is 5.73 Å².